The van der Waals surface area contributed by atoms with Crippen molar-refractivity contribution in [2.45, 2.75) is 43.8 Å². The summed E-state index contributed by atoms with van der Waals surface area (Å²) >= 11 is 1.61. The summed E-state index contributed by atoms with van der Waals surface area (Å²) in [6.45, 7) is 0.462. The summed E-state index contributed by atoms with van der Waals surface area (Å²) < 4.78 is 0. The van der Waals surface area contributed by atoms with Gasteiger partial charge in [0.25, 0.3) is 0 Å². The van der Waals surface area contributed by atoms with Crippen molar-refractivity contribution in [3.05, 3.63) is 36.0 Å². The normalized spacial score (nSPS) is 18.3. The number of aromatic nitrogens is 1. The van der Waals surface area contributed by atoms with E-state index in [9.17, 15) is 19.5 Å². The van der Waals surface area contributed by atoms with Crippen molar-refractivity contribution >= 4 is 40.4 Å². The third kappa shape index (κ3) is 4.96. The Hall–Kier alpha value is -2.52. The van der Waals surface area contributed by atoms with Crippen molar-refractivity contribution in [3.8, 4) is 0 Å². The number of amides is 2. The molecule has 2 amide bonds. The first-order valence-corrected chi connectivity index (χ1v) is 11.4. The summed E-state index contributed by atoms with van der Waals surface area (Å²) in [5.41, 5.74) is 7.73. The van der Waals surface area contributed by atoms with E-state index in [1.54, 1.807) is 18.0 Å². The van der Waals surface area contributed by atoms with Gasteiger partial charge in [0.2, 0.25) is 11.8 Å². The van der Waals surface area contributed by atoms with Crippen LogP contribution in [-0.2, 0) is 20.8 Å². The molecule has 1 aromatic heterocycles. The fourth-order valence-corrected chi connectivity index (χ4v) is 4.36. The van der Waals surface area contributed by atoms with Gasteiger partial charge in [-0.05, 0) is 42.9 Å². The number of likely N-dealkylation sites (tertiary alicyclic amines) is 1. The van der Waals surface area contributed by atoms with Crippen LogP contribution in [0.3, 0.4) is 0 Å². The standard InChI is InChI=1S/C21H28N4O4S/c1-30-10-8-15(22)20(27)25-9-4-7-18(25)19(26)24-17(21(28)29)11-13-12-23-16-6-3-2-5-14(13)16/h2-3,5-6,12,15,17-18,23H,4,7-11,22H2,1H3,(H,24,26)(H,28,29)/t15-,17-,18-/m0/s1. The van der Waals surface area contributed by atoms with Gasteiger partial charge in [-0.15, -0.1) is 0 Å². The number of hydrogen-bond acceptors (Lipinski definition) is 5. The van der Waals surface area contributed by atoms with Gasteiger partial charge in [0.15, 0.2) is 0 Å². The summed E-state index contributed by atoms with van der Waals surface area (Å²) in [4.78, 5) is 42.0. The van der Waals surface area contributed by atoms with Crippen LogP contribution >= 0.6 is 11.8 Å². The summed E-state index contributed by atoms with van der Waals surface area (Å²) in [5, 5.41) is 13.2. The average Bonchev–Trinajstić information content (AvgIpc) is 3.38. The van der Waals surface area contributed by atoms with Crippen LogP contribution in [0.15, 0.2) is 30.5 Å². The lowest BCUT2D eigenvalue weighted by molar-refractivity contribution is -0.144. The van der Waals surface area contributed by atoms with Crippen LogP contribution in [-0.4, -0.2) is 69.5 Å². The van der Waals surface area contributed by atoms with Gasteiger partial charge >= 0.3 is 5.97 Å². The average molecular weight is 433 g/mol. The molecule has 5 N–H and O–H groups in total. The maximum atomic E-state index is 12.9. The maximum absolute atomic E-state index is 12.9. The number of nitrogens with two attached hydrogens (primary N) is 1. The van der Waals surface area contributed by atoms with Crippen molar-refractivity contribution in [2.24, 2.45) is 5.73 Å². The van der Waals surface area contributed by atoms with E-state index in [1.165, 1.54) is 4.90 Å². The number of H-pyrrole nitrogens is 1. The number of aromatic amines is 1. The number of carbonyl (C=O) groups is 3. The zero-order valence-corrected chi connectivity index (χ0v) is 17.8. The lowest BCUT2D eigenvalue weighted by Crippen LogP contribution is -2.54. The number of rotatable bonds is 9. The number of nitrogens with one attached hydrogen (secondary N) is 2. The van der Waals surface area contributed by atoms with Gasteiger partial charge in [-0.3, -0.25) is 9.59 Å². The molecule has 1 saturated heterocycles. The predicted molar refractivity (Wildman–Crippen MR) is 117 cm³/mol. The van der Waals surface area contributed by atoms with Crippen molar-refractivity contribution in [3.63, 3.8) is 0 Å². The third-order valence-electron chi connectivity index (χ3n) is 5.50. The van der Waals surface area contributed by atoms with E-state index < -0.39 is 30.0 Å². The second-order valence-corrected chi connectivity index (χ2v) is 8.53. The van der Waals surface area contributed by atoms with E-state index >= 15 is 0 Å². The van der Waals surface area contributed by atoms with E-state index in [2.05, 4.69) is 10.3 Å². The molecular weight excluding hydrogens is 404 g/mol. The Morgan fingerprint density at radius 2 is 2.13 bits per heavy atom. The molecule has 9 heteroatoms. The smallest absolute Gasteiger partial charge is 0.326 e. The third-order valence-corrected chi connectivity index (χ3v) is 6.15. The van der Waals surface area contributed by atoms with Crippen LogP contribution in [0.5, 0.6) is 0 Å². The molecule has 3 atom stereocenters. The predicted octanol–water partition coefficient (Wildman–Crippen LogP) is 1.35. The SMILES string of the molecule is CSCC[C@H](N)C(=O)N1CCC[C@H]1C(=O)N[C@@H](Cc1c[nH]c2ccccc12)C(=O)O. The molecule has 1 aromatic carbocycles. The number of hydrogen-bond donors (Lipinski definition) is 4. The lowest BCUT2D eigenvalue weighted by Gasteiger charge is -2.27. The molecule has 30 heavy (non-hydrogen) atoms. The quantitative estimate of drug-likeness (QED) is 0.473. The first kappa shape index (κ1) is 22.2. The van der Waals surface area contributed by atoms with E-state index in [1.807, 2.05) is 30.5 Å². The molecule has 0 spiro atoms. The second kappa shape index (κ2) is 9.99. The first-order chi connectivity index (χ1) is 14.4. The van der Waals surface area contributed by atoms with E-state index in [-0.39, 0.29) is 12.3 Å². The molecule has 2 heterocycles. The minimum atomic E-state index is -1.11. The highest BCUT2D eigenvalue weighted by Crippen LogP contribution is 2.21. The van der Waals surface area contributed by atoms with E-state index in [0.29, 0.717) is 25.8 Å². The monoisotopic (exact) mass is 432 g/mol. The number of carboxylic acids is 1. The topological polar surface area (TPSA) is 129 Å². The Balaban J connectivity index is 1.68. The summed E-state index contributed by atoms with van der Waals surface area (Å²) in [7, 11) is 0. The Bertz CT molecular complexity index is 915. The molecular formula is C21H28N4O4S. The fourth-order valence-electron chi connectivity index (χ4n) is 3.87. The van der Waals surface area contributed by atoms with E-state index in [0.717, 1.165) is 22.2 Å². The second-order valence-electron chi connectivity index (χ2n) is 7.54. The Kier molecular flexibility index (Phi) is 7.38. The zero-order valence-electron chi connectivity index (χ0n) is 17.0. The minimum absolute atomic E-state index is 0.152. The first-order valence-electron chi connectivity index (χ1n) is 10.1. The van der Waals surface area contributed by atoms with Gasteiger partial charge in [0, 0.05) is 30.1 Å². The molecule has 8 nitrogen and oxygen atoms in total. The fraction of sp³-hybridized carbons (Fsp3) is 0.476. The molecule has 1 aliphatic heterocycles. The molecule has 1 fully saturated rings. The molecule has 0 aliphatic carbocycles. The van der Waals surface area contributed by atoms with Crippen LogP contribution in [0.1, 0.15) is 24.8 Å². The number of para-hydroxylation sites is 1. The van der Waals surface area contributed by atoms with Crippen LogP contribution in [0.25, 0.3) is 10.9 Å². The molecule has 0 unspecified atom stereocenters. The molecule has 2 aromatic rings. The van der Waals surface area contributed by atoms with Crippen molar-refractivity contribution < 1.29 is 19.5 Å². The summed E-state index contributed by atoms with van der Waals surface area (Å²) in [6, 6.07) is 5.20. The number of carboxylic acid groups (broad SMARTS) is 1. The molecule has 1 aliphatic rings. The van der Waals surface area contributed by atoms with Crippen LogP contribution in [0.4, 0.5) is 0 Å². The molecule has 3 rings (SSSR count). The van der Waals surface area contributed by atoms with Crippen LogP contribution in [0, 0.1) is 0 Å². The highest BCUT2D eigenvalue weighted by molar-refractivity contribution is 7.98. The van der Waals surface area contributed by atoms with Gasteiger partial charge in [-0.1, -0.05) is 18.2 Å². The van der Waals surface area contributed by atoms with Crippen molar-refractivity contribution in [1.82, 2.24) is 15.2 Å². The number of nitrogens with zero attached hydrogens (tertiary/aromatic N) is 1. The minimum Gasteiger partial charge on any atom is -0.480 e. The van der Waals surface area contributed by atoms with Crippen molar-refractivity contribution in [1.29, 1.82) is 0 Å². The van der Waals surface area contributed by atoms with Crippen molar-refractivity contribution in [2.75, 3.05) is 18.6 Å². The number of benzene rings is 1. The number of thioether (sulfide) groups is 1. The van der Waals surface area contributed by atoms with Gasteiger partial charge in [0.1, 0.15) is 12.1 Å². The molecule has 0 radical (unpaired) electrons. The molecule has 0 bridgehead atoms. The highest BCUT2D eigenvalue weighted by atomic mass is 32.2. The number of carbonyl (C=O) groups excluding carboxylic acids is 2. The Morgan fingerprint density at radius 1 is 1.37 bits per heavy atom. The van der Waals surface area contributed by atoms with Crippen LogP contribution in [0.2, 0.25) is 0 Å². The zero-order chi connectivity index (χ0) is 21.7. The maximum Gasteiger partial charge on any atom is 0.326 e. The lowest BCUT2D eigenvalue weighted by atomic mass is 10.0. The highest BCUT2D eigenvalue weighted by Gasteiger charge is 2.37. The van der Waals surface area contributed by atoms with E-state index in [4.69, 9.17) is 5.73 Å². The summed E-state index contributed by atoms with van der Waals surface area (Å²) in [5.74, 6) is -1.03. The Morgan fingerprint density at radius 3 is 2.87 bits per heavy atom. The van der Waals surface area contributed by atoms with Crippen LogP contribution < -0.4 is 11.1 Å². The van der Waals surface area contributed by atoms with Gasteiger partial charge in [0.05, 0.1) is 6.04 Å². The molecule has 0 saturated carbocycles. The number of fused-ring (bicyclic) bond motifs is 1. The largest absolute Gasteiger partial charge is 0.480 e. The number of aliphatic carboxylic acids is 1. The van der Waals surface area contributed by atoms with Gasteiger partial charge in [-0.25, -0.2) is 4.79 Å². The Labute approximate surface area is 179 Å². The molecule has 162 valence electrons. The van der Waals surface area contributed by atoms with Gasteiger partial charge in [-0.2, -0.15) is 11.8 Å². The summed E-state index contributed by atoms with van der Waals surface area (Å²) in [6.07, 6.45) is 5.61. The van der Waals surface area contributed by atoms with Gasteiger partial charge < -0.3 is 26.0 Å².